The van der Waals surface area contributed by atoms with Gasteiger partial charge in [-0.05, 0) is 38.8 Å². The highest BCUT2D eigenvalue weighted by Gasteiger charge is 2.30. The fourth-order valence-corrected chi connectivity index (χ4v) is 4.10. The van der Waals surface area contributed by atoms with Gasteiger partial charge in [0.2, 0.25) is 10.0 Å². The molecule has 1 aliphatic rings. The van der Waals surface area contributed by atoms with Crippen LogP contribution in [0.2, 0.25) is 0 Å². The monoisotopic (exact) mass is 313 g/mol. The maximum Gasteiger partial charge on any atom is 0.292 e. The van der Waals surface area contributed by atoms with Crippen molar-refractivity contribution >= 4 is 15.7 Å². The van der Waals surface area contributed by atoms with E-state index in [9.17, 15) is 18.5 Å². The number of hydrogen-bond donors (Lipinski definition) is 2. The summed E-state index contributed by atoms with van der Waals surface area (Å²) in [5.74, 6) is 0. The van der Waals surface area contributed by atoms with E-state index in [1.807, 2.05) is 0 Å². The Balaban J connectivity index is 2.34. The highest BCUT2D eigenvalue weighted by molar-refractivity contribution is 7.89. The van der Waals surface area contributed by atoms with Crippen LogP contribution >= 0.6 is 0 Å². The van der Waals surface area contributed by atoms with Crippen LogP contribution in [-0.2, 0) is 10.0 Å². The van der Waals surface area contributed by atoms with Gasteiger partial charge >= 0.3 is 0 Å². The van der Waals surface area contributed by atoms with E-state index in [-0.39, 0.29) is 23.2 Å². The van der Waals surface area contributed by atoms with E-state index in [0.717, 1.165) is 19.4 Å². The summed E-state index contributed by atoms with van der Waals surface area (Å²) in [7, 11) is -3.91. The molecular weight excluding hydrogens is 294 g/mol. The number of sulfonamides is 1. The average Bonchev–Trinajstić information content (AvgIpc) is 2.91. The van der Waals surface area contributed by atoms with Gasteiger partial charge < -0.3 is 5.32 Å². The number of nitrogens with one attached hydrogen (secondary N) is 2. The van der Waals surface area contributed by atoms with Gasteiger partial charge in [0, 0.05) is 18.2 Å². The van der Waals surface area contributed by atoms with Gasteiger partial charge in [-0.1, -0.05) is 12.1 Å². The van der Waals surface area contributed by atoms with Gasteiger partial charge in [-0.25, -0.2) is 13.1 Å². The lowest BCUT2D eigenvalue weighted by Gasteiger charge is -2.14. The van der Waals surface area contributed by atoms with Crippen LogP contribution in [0.25, 0.3) is 0 Å². The zero-order valence-corrected chi connectivity index (χ0v) is 12.9. The van der Waals surface area contributed by atoms with Crippen LogP contribution in [0.15, 0.2) is 17.0 Å². The normalized spacial score (nSPS) is 18.9. The Bertz CT molecular complexity index is 652. The molecule has 0 aliphatic carbocycles. The van der Waals surface area contributed by atoms with Crippen molar-refractivity contribution < 1.29 is 13.3 Å². The topological polar surface area (TPSA) is 101 Å². The second-order valence-electron chi connectivity index (χ2n) is 5.28. The lowest BCUT2D eigenvalue weighted by Crippen LogP contribution is -2.37. The van der Waals surface area contributed by atoms with Crippen LogP contribution in [0, 0.1) is 24.0 Å². The van der Waals surface area contributed by atoms with Crippen molar-refractivity contribution in [2.24, 2.45) is 0 Å². The average molecular weight is 313 g/mol. The molecule has 1 heterocycles. The van der Waals surface area contributed by atoms with Crippen LogP contribution in [-0.4, -0.2) is 32.5 Å². The van der Waals surface area contributed by atoms with Crippen molar-refractivity contribution in [1.29, 1.82) is 0 Å². The molecule has 0 aromatic heterocycles. The van der Waals surface area contributed by atoms with E-state index in [1.54, 1.807) is 19.1 Å². The third kappa shape index (κ3) is 3.39. The molecule has 1 atom stereocenters. The van der Waals surface area contributed by atoms with Gasteiger partial charge in [-0.2, -0.15) is 0 Å². The zero-order valence-electron chi connectivity index (χ0n) is 12.0. The molecule has 1 aliphatic heterocycles. The quantitative estimate of drug-likeness (QED) is 0.629. The Kier molecular flexibility index (Phi) is 4.60. The summed E-state index contributed by atoms with van der Waals surface area (Å²) in [5, 5.41) is 14.4. The van der Waals surface area contributed by atoms with Gasteiger partial charge in [-0.3, -0.25) is 10.1 Å². The number of nitro groups is 1. The number of nitrogens with zero attached hydrogens (tertiary/aromatic N) is 1. The largest absolute Gasteiger partial charge is 0.313 e. The number of rotatable bonds is 5. The fourth-order valence-electron chi connectivity index (χ4n) is 2.55. The minimum atomic E-state index is -3.91. The van der Waals surface area contributed by atoms with Gasteiger partial charge in [0.15, 0.2) is 4.90 Å². The smallest absolute Gasteiger partial charge is 0.292 e. The Hall–Kier alpha value is -1.51. The number of hydrogen-bond acceptors (Lipinski definition) is 5. The predicted octanol–water partition coefficient (Wildman–Crippen LogP) is 1.24. The third-order valence-electron chi connectivity index (χ3n) is 3.66. The van der Waals surface area contributed by atoms with Gasteiger partial charge in [-0.15, -0.1) is 0 Å². The minimum absolute atomic E-state index is 0.0870. The summed E-state index contributed by atoms with van der Waals surface area (Å²) in [6.45, 7) is 4.22. The van der Waals surface area contributed by atoms with Crippen LogP contribution in [0.4, 0.5) is 5.69 Å². The van der Waals surface area contributed by atoms with E-state index in [1.165, 1.54) is 6.92 Å². The molecule has 1 fully saturated rings. The van der Waals surface area contributed by atoms with E-state index < -0.39 is 14.9 Å². The number of aryl methyl sites for hydroxylation is 2. The molecule has 2 rings (SSSR count). The van der Waals surface area contributed by atoms with E-state index >= 15 is 0 Å². The lowest BCUT2D eigenvalue weighted by atomic mass is 10.1. The first-order valence-electron chi connectivity index (χ1n) is 6.80. The first-order chi connectivity index (χ1) is 9.83. The highest BCUT2D eigenvalue weighted by Crippen LogP contribution is 2.30. The molecule has 0 saturated carbocycles. The van der Waals surface area contributed by atoms with Crippen molar-refractivity contribution in [3.63, 3.8) is 0 Å². The highest BCUT2D eigenvalue weighted by atomic mass is 32.2. The first kappa shape index (κ1) is 15.9. The van der Waals surface area contributed by atoms with Gasteiger partial charge in [0.25, 0.3) is 5.69 Å². The summed E-state index contributed by atoms with van der Waals surface area (Å²) < 4.78 is 27.4. The minimum Gasteiger partial charge on any atom is -0.313 e. The first-order valence-corrected chi connectivity index (χ1v) is 8.29. The van der Waals surface area contributed by atoms with Crippen LogP contribution in [0.3, 0.4) is 0 Å². The molecule has 21 heavy (non-hydrogen) atoms. The number of benzene rings is 1. The van der Waals surface area contributed by atoms with Gasteiger partial charge in [0.05, 0.1) is 4.92 Å². The third-order valence-corrected chi connectivity index (χ3v) is 5.26. The molecule has 0 spiro atoms. The summed E-state index contributed by atoms with van der Waals surface area (Å²) in [6, 6.07) is 3.24. The molecule has 116 valence electrons. The molecule has 1 unspecified atom stereocenters. The molecular formula is C13H19N3O4S. The second kappa shape index (κ2) is 6.08. The van der Waals surface area contributed by atoms with E-state index in [2.05, 4.69) is 10.0 Å². The van der Waals surface area contributed by atoms with Crippen LogP contribution < -0.4 is 10.0 Å². The maximum atomic E-state index is 12.4. The molecule has 1 aromatic carbocycles. The standard InChI is InChI=1S/C13H19N3O4S/c1-9-5-6-10(2)13(12(9)16(17)18)21(19,20)15-8-11-4-3-7-14-11/h5-6,11,14-15H,3-4,7-8H2,1-2H3. The maximum absolute atomic E-state index is 12.4. The Morgan fingerprint density at radius 2 is 2.05 bits per heavy atom. The molecule has 0 amide bonds. The summed E-state index contributed by atoms with van der Waals surface area (Å²) in [4.78, 5) is 10.3. The zero-order chi connectivity index (χ0) is 15.6. The fraction of sp³-hybridized carbons (Fsp3) is 0.538. The SMILES string of the molecule is Cc1ccc(C)c(S(=O)(=O)NCC2CCCN2)c1[N+](=O)[O-]. The molecule has 8 heteroatoms. The second-order valence-corrected chi connectivity index (χ2v) is 6.98. The summed E-state index contributed by atoms with van der Waals surface area (Å²) >= 11 is 0. The Morgan fingerprint density at radius 1 is 1.38 bits per heavy atom. The number of nitro benzene ring substituents is 1. The Labute approximate surface area is 123 Å². The molecule has 1 aromatic rings. The Morgan fingerprint density at radius 3 is 2.62 bits per heavy atom. The molecule has 7 nitrogen and oxygen atoms in total. The van der Waals surface area contributed by atoms with Crippen molar-refractivity contribution in [3.8, 4) is 0 Å². The van der Waals surface area contributed by atoms with Crippen molar-refractivity contribution in [2.75, 3.05) is 13.1 Å². The van der Waals surface area contributed by atoms with Gasteiger partial charge in [0.1, 0.15) is 0 Å². The van der Waals surface area contributed by atoms with Crippen LogP contribution in [0.1, 0.15) is 24.0 Å². The molecule has 1 saturated heterocycles. The summed E-state index contributed by atoms with van der Waals surface area (Å²) in [6.07, 6.45) is 1.91. The molecule has 0 radical (unpaired) electrons. The van der Waals surface area contributed by atoms with E-state index in [0.29, 0.717) is 11.1 Å². The van der Waals surface area contributed by atoms with Crippen molar-refractivity contribution in [1.82, 2.24) is 10.0 Å². The summed E-state index contributed by atoms with van der Waals surface area (Å²) in [5.41, 5.74) is 0.367. The van der Waals surface area contributed by atoms with Crippen LogP contribution in [0.5, 0.6) is 0 Å². The van der Waals surface area contributed by atoms with Crippen molar-refractivity contribution in [3.05, 3.63) is 33.4 Å². The predicted molar refractivity (Wildman–Crippen MR) is 78.8 cm³/mol. The van der Waals surface area contributed by atoms with Crippen molar-refractivity contribution in [2.45, 2.75) is 37.6 Å². The molecule has 0 bridgehead atoms. The van der Waals surface area contributed by atoms with E-state index in [4.69, 9.17) is 0 Å². The lowest BCUT2D eigenvalue weighted by molar-refractivity contribution is -0.388. The molecule has 2 N–H and O–H groups in total.